The van der Waals surface area contributed by atoms with Crippen LogP contribution in [0.3, 0.4) is 0 Å². The lowest BCUT2D eigenvalue weighted by atomic mass is 9.92. The second-order valence-electron chi connectivity index (χ2n) is 5.19. The van der Waals surface area contributed by atoms with E-state index in [0.29, 0.717) is 6.04 Å². The second kappa shape index (κ2) is 6.53. The minimum absolute atomic E-state index is 0.130. The summed E-state index contributed by atoms with van der Waals surface area (Å²) in [7, 11) is 2.21. The minimum Gasteiger partial charge on any atom is -0.329 e. The van der Waals surface area contributed by atoms with Crippen molar-refractivity contribution in [2.45, 2.75) is 51.6 Å². The van der Waals surface area contributed by atoms with Gasteiger partial charge < -0.3 is 5.73 Å². The van der Waals surface area contributed by atoms with E-state index in [1.165, 1.54) is 11.3 Å². The van der Waals surface area contributed by atoms with Gasteiger partial charge in [0, 0.05) is 23.0 Å². The Morgan fingerprint density at radius 3 is 2.71 bits per heavy atom. The van der Waals surface area contributed by atoms with E-state index in [0.717, 1.165) is 19.4 Å². The van der Waals surface area contributed by atoms with Crippen LogP contribution in [0.2, 0.25) is 0 Å². The first-order valence-electron chi connectivity index (χ1n) is 6.49. The Morgan fingerprint density at radius 1 is 1.53 bits per heavy atom. The van der Waals surface area contributed by atoms with Gasteiger partial charge in [-0.05, 0) is 45.2 Å². The SMILES string of the molecule is CCCC(C)(CN)N(C)C(C)Cc1cccs1. The van der Waals surface area contributed by atoms with Crippen molar-refractivity contribution in [2.24, 2.45) is 5.73 Å². The monoisotopic (exact) mass is 254 g/mol. The van der Waals surface area contributed by atoms with Crippen molar-refractivity contribution in [1.82, 2.24) is 4.90 Å². The average molecular weight is 254 g/mol. The van der Waals surface area contributed by atoms with Gasteiger partial charge >= 0.3 is 0 Å². The number of likely N-dealkylation sites (N-methyl/N-ethyl adjacent to an activating group) is 1. The van der Waals surface area contributed by atoms with E-state index in [2.05, 4.69) is 50.2 Å². The summed E-state index contributed by atoms with van der Waals surface area (Å²) in [6.45, 7) is 7.53. The van der Waals surface area contributed by atoms with Gasteiger partial charge in [-0.15, -0.1) is 11.3 Å². The highest BCUT2D eigenvalue weighted by Crippen LogP contribution is 2.23. The molecule has 0 aliphatic heterocycles. The van der Waals surface area contributed by atoms with Gasteiger partial charge in [0.2, 0.25) is 0 Å². The zero-order valence-electron chi connectivity index (χ0n) is 11.6. The number of hydrogen-bond donors (Lipinski definition) is 1. The third-order valence-electron chi connectivity index (χ3n) is 3.82. The summed E-state index contributed by atoms with van der Waals surface area (Å²) >= 11 is 1.84. The predicted octanol–water partition coefficient (Wildman–Crippen LogP) is 3.13. The third-order valence-corrected chi connectivity index (χ3v) is 4.72. The van der Waals surface area contributed by atoms with Crippen LogP contribution in [0.4, 0.5) is 0 Å². The van der Waals surface area contributed by atoms with Crippen molar-refractivity contribution in [3.8, 4) is 0 Å². The van der Waals surface area contributed by atoms with E-state index in [9.17, 15) is 0 Å². The van der Waals surface area contributed by atoms with Gasteiger partial charge in [-0.25, -0.2) is 0 Å². The number of thiophene rings is 1. The largest absolute Gasteiger partial charge is 0.329 e. The molecule has 2 atom stereocenters. The first kappa shape index (κ1) is 14.7. The summed E-state index contributed by atoms with van der Waals surface area (Å²) < 4.78 is 0. The molecular weight excluding hydrogens is 228 g/mol. The fourth-order valence-corrected chi connectivity index (χ4v) is 3.18. The quantitative estimate of drug-likeness (QED) is 0.810. The minimum atomic E-state index is 0.130. The Hall–Kier alpha value is -0.380. The van der Waals surface area contributed by atoms with Crippen molar-refractivity contribution in [1.29, 1.82) is 0 Å². The topological polar surface area (TPSA) is 29.3 Å². The lowest BCUT2D eigenvalue weighted by Crippen LogP contribution is -2.53. The Kier molecular flexibility index (Phi) is 5.63. The van der Waals surface area contributed by atoms with Gasteiger partial charge in [0.05, 0.1) is 0 Å². The molecule has 1 aromatic heterocycles. The molecule has 17 heavy (non-hydrogen) atoms. The molecule has 1 aromatic rings. The lowest BCUT2D eigenvalue weighted by Gasteiger charge is -2.42. The molecule has 0 saturated carbocycles. The summed E-state index contributed by atoms with van der Waals surface area (Å²) in [6, 6.07) is 4.88. The summed E-state index contributed by atoms with van der Waals surface area (Å²) in [5, 5.41) is 2.15. The zero-order chi connectivity index (χ0) is 12.9. The van der Waals surface area contributed by atoms with Gasteiger partial charge in [-0.2, -0.15) is 0 Å². The van der Waals surface area contributed by atoms with Crippen molar-refractivity contribution >= 4 is 11.3 Å². The summed E-state index contributed by atoms with van der Waals surface area (Å²) in [6.07, 6.45) is 3.46. The fraction of sp³-hybridized carbons (Fsp3) is 0.714. The first-order chi connectivity index (χ1) is 8.03. The van der Waals surface area contributed by atoms with E-state index < -0.39 is 0 Å². The van der Waals surface area contributed by atoms with Gasteiger partial charge in [0.25, 0.3) is 0 Å². The van der Waals surface area contributed by atoms with Crippen LogP contribution in [-0.2, 0) is 6.42 Å². The molecule has 0 aromatic carbocycles. The Labute approximate surface area is 110 Å². The lowest BCUT2D eigenvalue weighted by molar-refractivity contribution is 0.0914. The van der Waals surface area contributed by atoms with Gasteiger partial charge in [0.15, 0.2) is 0 Å². The maximum atomic E-state index is 5.97. The van der Waals surface area contributed by atoms with Crippen molar-refractivity contribution in [2.75, 3.05) is 13.6 Å². The highest BCUT2D eigenvalue weighted by Gasteiger charge is 2.29. The molecule has 2 N–H and O–H groups in total. The molecule has 0 bridgehead atoms. The van der Waals surface area contributed by atoms with Gasteiger partial charge in [-0.1, -0.05) is 19.4 Å². The predicted molar refractivity (Wildman–Crippen MR) is 77.6 cm³/mol. The molecule has 0 amide bonds. The summed E-state index contributed by atoms with van der Waals surface area (Å²) in [4.78, 5) is 3.91. The molecule has 98 valence electrons. The Balaban J connectivity index is 2.63. The number of nitrogens with two attached hydrogens (primary N) is 1. The molecule has 2 unspecified atom stereocenters. The van der Waals surface area contributed by atoms with E-state index in [4.69, 9.17) is 5.73 Å². The van der Waals surface area contributed by atoms with E-state index in [1.807, 2.05) is 11.3 Å². The molecule has 0 aliphatic rings. The molecule has 3 heteroatoms. The van der Waals surface area contributed by atoms with Gasteiger partial charge in [0.1, 0.15) is 0 Å². The highest BCUT2D eigenvalue weighted by atomic mass is 32.1. The average Bonchev–Trinajstić information content (AvgIpc) is 2.81. The molecular formula is C14H26N2S. The van der Waals surface area contributed by atoms with Crippen LogP contribution in [0.5, 0.6) is 0 Å². The smallest absolute Gasteiger partial charge is 0.0303 e. The van der Waals surface area contributed by atoms with Crippen LogP contribution in [0.25, 0.3) is 0 Å². The van der Waals surface area contributed by atoms with Crippen molar-refractivity contribution in [3.05, 3.63) is 22.4 Å². The normalized spacial score (nSPS) is 17.1. The van der Waals surface area contributed by atoms with Crippen LogP contribution in [0.15, 0.2) is 17.5 Å². The number of rotatable bonds is 7. The summed E-state index contributed by atoms with van der Waals surface area (Å²) in [5.41, 5.74) is 6.10. The Morgan fingerprint density at radius 2 is 2.24 bits per heavy atom. The van der Waals surface area contributed by atoms with Crippen molar-refractivity contribution < 1.29 is 0 Å². The molecule has 1 rings (SSSR count). The fourth-order valence-electron chi connectivity index (χ4n) is 2.35. The number of nitrogens with zero attached hydrogens (tertiary/aromatic N) is 1. The molecule has 0 saturated heterocycles. The van der Waals surface area contributed by atoms with Crippen molar-refractivity contribution in [3.63, 3.8) is 0 Å². The molecule has 1 heterocycles. The maximum absolute atomic E-state index is 5.97. The van der Waals surface area contributed by atoms with Crippen LogP contribution in [-0.4, -0.2) is 30.1 Å². The van der Waals surface area contributed by atoms with Crippen LogP contribution < -0.4 is 5.73 Å². The molecule has 2 nitrogen and oxygen atoms in total. The molecule has 0 fully saturated rings. The van der Waals surface area contributed by atoms with Gasteiger partial charge in [-0.3, -0.25) is 4.90 Å². The second-order valence-corrected chi connectivity index (χ2v) is 6.23. The van der Waals surface area contributed by atoms with E-state index in [-0.39, 0.29) is 5.54 Å². The first-order valence-corrected chi connectivity index (χ1v) is 7.37. The molecule has 0 spiro atoms. The molecule has 0 radical (unpaired) electrons. The third kappa shape index (κ3) is 3.80. The zero-order valence-corrected chi connectivity index (χ0v) is 12.4. The van der Waals surface area contributed by atoms with Crippen LogP contribution in [0.1, 0.15) is 38.5 Å². The van der Waals surface area contributed by atoms with E-state index in [1.54, 1.807) is 0 Å². The molecule has 0 aliphatic carbocycles. The van der Waals surface area contributed by atoms with E-state index >= 15 is 0 Å². The van der Waals surface area contributed by atoms with Crippen LogP contribution in [0, 0.1) is 0 Å². The Bertz CT molecular complexity index is 310. The standard InChI is InChI=1S/C14H26N2S/c1-5-8-14(3,11-15)16(4)12(2)10-13-7-6-9-17-13/h6-7,9,12H,5,8,10-11,15H2,1-4H3. The van der Waals surface area contributed by atoms with Crippen LogP contribution >= 0.6 is 11.3 Å². The maximum Gasteiger partial charge on any atom is 0.0303 e. The number of hydrogen-bond acceptors (Lipinski definition) is 3. The summed E-state index contributed by atoms with van der Waals surface area (Å²) in [5.74, 6) is 0. The highest BCUT2D eigenvalue weighted by molar-refractivity contribution is 7.09.